The summed E-state index contributed by atoms with van der Waals surface area (Å²) in [5.74, 6) is 1.09. The maximum absolute atomic E-state index is 5.66. The normalized spacial score (nSPS) is 18.6. The minimum Gasteiger partial charge on any atom is -0.493 e. The Morgan fingerprint density at radius 1 is 1.19 bits per heavy atom. The molecular formula is C16H20N4O. The molecule has 0 spiro atoms. The van der Waals surface area contributed by atoms with Crippen LogP contribution in [0.4, 0.5) is 5.69 Å². The van der Waals surface area contributed by atoms with Crippen molar-refractivity contribution in [3.63, 3.8) is 0 Å². The van der Waals surface area contributed by atoms with Crippen LogP contribution in [0, 0.1) is 0 Å². The van der Waals surface area contributed by atoms with E-state index >= 15 is 0 Å². The fourth-order valence-corrected chi connectivity index (χ4v) is 3.15. The van der Waals surface area contributed by atoms with Crippen molar-refractivity contribution in [3.8, 4) is 5.75 Å². The van der Waals surface area contributed by atoms with Crippen LogP contribution in [0.5, 0.6) is 5.75 Å². The van der Waals surface area contributed by atoms with Crippen LogP contribution < -0.4 is 9.64 Å². The van der Waals surface area contributed by atoms with E-state index in [1.54, 1.807) is 0 Å². The fraction of sp³-hybridized carbons (Fsp3) is 0.438. The minimum atomic E-state index is 0.835. The van der Waals surface area contributed by atoms with Crippen molar-refractivity contribution < 1.29 is 4.74 Å². The summed E-state index contributed by atoms with van der Waals surface area (Å²) in [6.07, 6.45) is 4.92. The molecule has 1 aromatic heterocycles. The van der Waals surface area contributed by atoms with Crippen molar-refractivity contribution >= 4 is 5.69 Å². The Labute approximate surface area is 124 Å². The first-order chi connectivity index (χ1) is 10.4. The number of anilines is 1. The van der Waals surface area contributed by atoms with E-state index in [-0.39, 0.29) is 0 Å². The molecule has 2 aliphatic heterocycles. The van der Waals surface area contributed by atoms with Gasteiger partial charge in [-0.3, -0.25) is 10.00 Å². The molecule has 2 aromatic rings. The number of nitrogens with one attached hydrogen (secondary N) is 1. The van der Waals surface area contributed by atoms with E-state index in [9.17, 15) is 0 Å². The third-order valence-electron chi connectivity index (χ3n) is 4.39. The highest BCUT2D eigenvalue weighted by molar-refractivity contribution is 5.42. The number of fused-ring (bicyclic) bond motifs is 1. The van der Waals surface area contributed by atoms with E-state index < -0.39 is 0 Å². The molecule has 5 heteroatoms. The number of hydrogen-bond acceptors (Lipinski definition) is 4. The first-order valence-corrected chi connectivity index (χ1v) is 7.59. The first-order valence-electron chi connectivity index (χ1n) is 7.59. The van der Waals surface area contributed by atoms with Crippen molar-refractivity contribution in [3.05, 3.63) is 41.7 Å². The Hall–Kier alpha value is -2.01. The molecule has 1 N–H and O–H groups in total. The number of piperazine rings is 1. The van der Waals surface area contributed by atoms with Gasteiger partial charge in [0.2, 0.25) is 0 Å². The number of aromatic nitrogens is 2. The van der Waals surface area contributed by atoms with E-state index in [0.29, 0.717) is 0 Å². The van der Waals surface area contributed by atoms with Gasteiger partial charge in [0.25, 0.3) is 0 Å². The van der Waals surface area contributed by atoms with Crippen LogP contribution in [-0.2, 0) is 13.0 Å². The molecule has 1 fully saturated rings. The molecular weight excluding hydrogens is 264 g/mol. The van der Waals surface area contributed by atoms with Gasteiger partial charge in [-0.25, -0.2) is 0 Å². The Balaban J connectivity index is 1.36. The van der Waals surface area contributed by atoms with Gasteiger partial charge in [0.05, 0.1) is 18.5 Å². The molecule has 4 rings (SSSR count). The van der Waals surface area contributed by atoms with E-state index in [1.807, 2.05) is 12.4 Å². The standard InChI is InChI=1S/C16H20N4O/c1-2-14-3-8-21-16(14)9-13(1)12-19-4-6-20(7-5-19)15-10-17-18-11-15/h1-2,9-11H,3-8,12H2,(H,17,18). The predicted molar refractivity (Wildman–Crippen MR) is 81.7 cm³/mol. The van der Waals surface area contributed by atoms with Crippen molar-refractivity contribution in [1.29, 1.82) is 0 Å². The number of H-pyrrole nitrogens is 1. The van der Waals surface area contributed by atoms with Gasteiger partial charge in [-0.05, 0) is 17.2 Å². The SMILES string of the molecule is c1cc2c(cc1CN1CCN(c3cn[nH]c3)CC1)OCC2. The number of aromatic amines is 1. The smallest absolute Gasteiger partial charge is 0.122 e. The zero-order chi connectivity index (χ0) is 14.1. The van der Waals surface area contributed by atoms with Crippen LogP contribution in [0.3, 0.4) is 0 Å². The molecule has 0 radical (unpaired) electrons. The van der Waals surface area contributed by atoms with Crippen LogP contribution in [0.2, 0.25) is 0 Å². The van der Waals surface area contributed by atoms with Gasteiger partial charge in [-0.1, -0.05) is 12.1 Å². The molecule has 0 amide bonds. The zero-order valence-electron chi connectivity index (χ0n) is 12.1. The van der Waals surface area contributed by atoms with E-state index in [4.69, 9.17) is 4.74 Å². The highest BCUT2D eigenvalue weighted by Crippen LogP contribution is 2.27. The molecule has 0 unspecified atom stereocenters. The summed E-state index contributed by atoms with van der Waals surface area (Å²) in [7, 11) is 0. The largest absolute Gasteiger partial charge is 0.493 e. The van der Waals surface area contributed by atoms with E-state index in [1.165, 1.54) is 16.8 Å². The molecule has 0 atom stereocenters. The molecule has 1 aromatic carbocycles. The topological polar surface area (TPSA) is 44.4 Å². The molecule has 0 saturated carbocycles. The maximum Gasteiger partial charge on any atom is 0.122 e. The lowest BCUT2D eigenvalue weighted by Crippen LogP contribution is -2.45. The Morgan fingerprint density at radius 2 is 2.10 bits per heavy atom. The molecule has 0 bridgehead atoms. The first kappa shape index (κ1) is 12.7. The third kappa shape index (κ3) is 2.61. The van der Waals surface area contributed by atoms with Gasteiger partial charge < -0.3 is 9.64 Å². The van der Waals surface area contributed by atoms with Gasteiger partial charge in [-0.2, -0.15) is 5.10 Å². The summed E-state index contributed by atoms with van der Waals surface area (Å²) in [5.41, 5.74) is 3.90. The van der Waals surface area contributed by atoms with Crippen molar-refractivity contribution in [2.45, 2.75) is 13.0 Å². The van der Waals surface area contributed by atoms with Gasteiger partial charge in [0.1, 0.15) is 5.75 Å². The van der Waals surface area contributed by atoms with Gasteiger partial charge in [-0.15, -0.1) is 0 Å². The van der Waals surface area contributed by atoms with Gasteiger partial charge in [0.15, 0.2) is 0 Å². The summed E-state index contributed by atoms with van der Waals surface area (Å²) in [6.45, 7) is 6.13. The molecule has 1 saturated heterocycles. The summed E-state index contributed by atoms with van der Waals surface area (Å²) < 4.78 is 5.66. The third-order valence-corrected chi connectivity index (χ3v) is 4.39. The van der Waals surface area contributed by atoms with Crippen LogP contribution in [-0.4, -0.2) is 47.9 Å². The predicted octanol–water partition coefficient (Wildman–Crippen LogP) is 1.67. The van der Waals surface area contributed by atoms with Gasteiger partial charge >= 0.3 is 0 Å². The van der Waals surface area contributed by atoms with Crippen molar-refractivity contribution in [2.75, 3.05) is 37.7 Å². The summed E-state index contributed by atoms with van der Waals surface area (Å²) in [4.78, 5) is 4.89. The second-order valence-electron chi connectivity index (χ2n) is 5.76. The summed E-state index contributed by atoms with van der Waals surface area (Å²) in [6, 6.07) is 6.68. The lowest BCUT2D eigenvalue weighted by molar-refractivity contribution is 0.249. The fourth-order valence-electron chi connectivity index (χ4n) is 3.15. The molecule has 21 heavy (non-hydrogen) atoms. The summed E-state index contributed by atoms with van der Waals surface area (Å²) in [5, 5.41) is 6.91. The molecule has 110 valence electrons. The quantitative estimate of drug-likeness (QED) is 0.931. The Morgan fingerprint density at radius 3 is 2.90 bits per heavy atom. The Kier molecular flexibility index (Phi) is 3.27. The number of benzene rings is 1. The van der Waals surface area contributed by atoms with Crippen LogP contribution in [0.25, 0.3) is 0 Å². The zero-order valence-corrected chi connectivity index (χ0v) is 12.1. The van der Waals surface area contributed by atoms with Crippen LogP contribution >= 0.6 is 0 Å². The van der Waals surface area contributed by atoms with Gasteiger partial charge in [0, 0.05) is 45.3 Å². The lowest BCUT2D eigenvalue weighted by Gasteiger charge is -2.35. The van der Waals surface area contributed by atoms with E-state index in [2.05, 4.69) is 38.2 Å². The average molecular weight is 284 g/mol. The summed E-state index contributed by atoms with van der Waals surface area (Å²) >= 11 is 0. The van der Waals surface area contributed by atoms with Crippen molar-refractivity contribution in [1.82, 2.24) is 15.1 Å². The number of nitrogens with zero attached hydrogens (tertiary/aromatic N) is 3. The molecule has 5 nitrogen and oxygen atoms in total. The van der Waals surface area contributed by atoms with Crippen molar-refractivity contribution in [2.24, 2.45) is 0 Å². The number of ether oxygens (including phenoxy) is 1. The number of rotatable bonds is 3. The number of hydrogen-bond donors (Lipinski definition) is 1. The highest BCUT2D eigenvalue weighted by atomic mass is 16.5. The minimum absolute atomic E-state index is 0.835. The second-order valence-corrected chi connectivity index (χ2v) is 5.76. The van der Waals surface area contributed by atoms with Crippen LogP contribution in [0.1, 0.15) is 11.1 Å². The molecule has 3 heterocycles. The average Bonchev–Trinajstić information content (AvgIpc) is 3.19. The van der Waals surface area contributed by atoms with E-state index in [0.717, 1.165) is 51.5 Å². The molecule has 2 aliphatic rings. The maximum atomic E-state index is 5.66. The van der Waals surface area contributed by atoms with Crippen LogP contribution in [0.15, 0.2) is 30.6 Å². The second kappa shape index (κ2) is 5.41. The monoisotopic (exact) mass is 284 g/mol. The highest BCUT2D eigenvalue weighted by Gasteiger charge is 2.19. The Bertz CT molecular complexity index is 603. The lowest BCUT2D eigenvalue weighted by atomic mass is 10.1. The molecule has 0 aliphatic carbocycles.